The first-order valence-electron chi connectivity index (χ1n) is 6.86. The average Bonchev–Trinajstić information content (AvgIpc) is 2.50. The summed E-state index contributed by atoms with van der Waals surface area (Å²) in [6, 6.07) is 10.6. The van der Waals surface area contributed by atoms with Gasteiger partial charge in [0.15, 0.2) is 5.78 Å². The summed E-state index contributed by atoms with van der Waals surface area (Å²) in [5, 5.41) is 5.66. The van der Waals surface area contributed by atoms with E-state index < -0.39 is 6.09 Å². The fourth-order valence-corrected chi connectivity index (χ4v) is 1.80. The highest BCUT2D eigenvalue weighted by atomic mass is 16.5. The van der Waals surface area contributed by atoms with Gasteiger partial charge in [-0.2, -0.15) is 0 Å². The molecule has 1 aromatic heterocycles. The minimum atomic E-state index is -0.537. The topological polar surface area (TPSA) is 80.3 Å². The molecule has 1 aromatic carbocycles. The molecule has 0 saturated carbocycles. The van der Waals surface area contributed by atoms with Crippen LogP contribution in [-0.2, 0) is 4.74 Å². The lowest BCUT2D eigenvalue weighted by molar-refractivity contribution is 0.101. The van der Waals surface area contributed by atoms with Crippen LogP contribution in [0.5, 0.6) is 0 Å². The normalized spacial score (nSPS) is 9.91. The Labute approximate surface area is 128 Å². The monoisotopic (exact) mass is 299 g/mol. The number of Topliss-reactive ketones (excluding diaryl/α,β-unsaturated/α-hetero) is 1. The molecule has 0 bridgehead atoms. The van der Waals surface area contributed by atoms with Crippen molar-refractivity contribution in [1.29, 1.82) is 0 Å². The summed E-state index contributed by atoms with van der Waals surface area (Å²) in [4.78, 5) is 26.7. The molecule has 1 amide bonds. The van der Waals surface area contributed by atoms with Crippen molar-refractivity contribution in [3.05, 3.63) is 48.2 Å². The molecule has 114 valence electrons. The van der Waals surface area contributed by atoms with E-state index in [9.17, 15) is 9.59 Å². The number of amides is 1. The molecule has 22 heavy (non-hydrogen) atoms. The SMILES string of the molecule is CCOC(=O)Nc1ccc(Nc2cccc(C(C)=O)c2)cn1. The van der Waals surface area contributed by atoms with Crippen molar-refractivity contribution in [3.8, 4) is 0 Å². The molecular weight excluding hydrogens is 282 g/mol. The number of anilines is 3. The van der Waals surface area contributed by atoms with Crippen molar-refractivity contribution < 1.29 is 14.3 Å². The number of carbonyl (C=O) groups is 2. The van der Waals surface area contributed by atoms with E-state index in [1.165, 1.54) is 6.92 Å². The van der Waals surface area contributed by atoms with Gasteiger partial charge in [0, 0.05) is 11.3 Å². The molecule has 0 aliphatic heterocycles. The van der Waals surface area contributed by atoms with Crippen LogP contribution in [0.3, 0.4) is 0 Å². The van der Waals surface area contributed by atoms with E-state index in [-0.39, 0.29) is 5.78 Å². The predicted molar refractivity (Wildman–Crippen MR) is 84.6 cm³/mol. The molecule has 0 spiro atoms. The smallest absolute Gasteiger partial charge is 0.412 e. The van der Waals surface area contributed by atoms with Crippen molar-refractivity contribution in [1.82, 2.24) is 4.98 Å². The summed E-state index contributed by atoms with van der Waals surface area (Å²) in [6.45, 7) is 3.56. The Bertz CT molecular complexity index is 669. The number of rotatable bonds is 5. The van der Waals surface area contributed by atoms with Crippen LogP contribution in [0.25, 0.3) is 0 Å². The molecule has 0 atom stereocenters. The number of nitrogens with zero attached hydrogens (tertiary/aromatic N) is 1. The van der Waals surface area contributed by atoms with Gasteiger partial charge in [0.2, 0.25) is 0 Å². The molecule has 2 rings (SSSR count). The minimum Gasteiger partial charge on any atom is -0.450 e. The molecule has 1 heterocycles. The lowest BCUT2D eigenvalue weighted by Crippen LogP contribution is -2.14. The maximum Gasteiger partial charge on any atom is 0.412 e. The van der Waals surface area contributed by atoms with Gasteiger partial charge in [-0.3, -0.25) is 10.1 Å². The molecule has 6 nitrogen and oxygen atoms in total. The quantitative estimate of drug-likeness (QED) is 0.825. The Morgan fingerprint density at radius 3 is 2.64 bits per heavy atom. The number of hydrogen-bond donors (Lipinski definition) is 2. The summed E-state index contributed by atoms with van der Waals surface area (Å²) in [5.74, 6) is 0.414. The van der Waals surface area contributed by atoms with Gasteiger partial charge in [0.05, 0.1) is 18.5 Å². The third-order valence-electron chi connectivity index (χ3n) is 2.83. The Morgan fingerprint density at radius 2 is 2.00 bits per heavy atom. The summed E-state index contributed by atoms with van der Waals surface area (Å²) in [7, 11) is 0. The van der Waals surface area contributed by atoms with E-state index >= 15 is 0 Å². The van der Waals surface area contributed by atoms with Gasteiger partial charge in [0.25, 0.3) is 0 Å². The van der Waals surface area contributed by atoms with Crippen molar-refractivity contribution in [2.24, 2.45) is 0 Å². The zero-order valence-corrected chi connectivity index (χ0v) is 12.4. The van der Waals surface area contributed by atoms with Crippen molar-refractivity contribution in [3.63, 3.8) is 0 Å². The third-order valence-corrected chi connectivity index (χ3v) is 2.83. The van der Waals surface area contributed by atoms with Crippen LogP contribution < -0.4 is 10.6 Å². The summed E-state index contributed by atoms with van der Waals surface area (Å²) >= 11 is 0. The number of nitrogens with one attached hydrogen (secondary N) is 2. The van der Waals surface area contributed by atoms with Gasteiger partial charge >= 0.3 is 6.09 Å². The van der Waals surface area contributed by atoms with Crippen molar-refractivity contribution >= 4 is 29.1 Å². The van der Waals surface area contributed by atoms with Crippen molar-refractivity contribution in [2.45, 2.75) is 13.8 Å². The fraction of sp³-hybridized carbons (Fsp3) is 0.188. The summed E-state index contributed by atoms with van der Waals surface area (Å²) < 4.78 is 4.77. The third kappa shape index (κ3) is 4.31. The predicted octanol–water partition coefficient (Wildman–Crippen LogP) is 3.60. The maximum atomic E-state index is 11.4. The molecule has 0 unspecified atom stereocenters. The van der Waals surface area contributed by atoms with Crippen LogP contribution in [0.4, 0.5) is 22.0 Å². The Balaban J connectivity index is 2.03. The van der Waals surface area contributed by atoms with Gasteiger partial charge in [-0.05, 0) is 38.1 Å². The van der Waals surface area contributed by atoms with E-state index in [2.05, 4.69) is 15.6 Å². The molecule has 0 saturated heterocycles. The van der Waals surface area contributed by atoms with Gasteiger partial charge in [0.1, 0.15) is 5.82 Å². The first kappa shape index (κ1) is 15.5. The number of benzene rings is 1. The highest BCUT2D eigenvalue weighted by molar-refractivity contribution is 5.95. The standard InChI is InChI=1S/C16H17N3O3/c1-3-22-16(21)19-15-8-7-14(10-17-15)18-13-6-4-5-12(9-13)11(2)20/h4-10,18H,3H2,1-2H3,(H,17,19,21). The number of carbonyl (C=O) groups excluding carboxylic acids is 2. The largest absolute Gasteiger partial charge is 0.450 e. The average molecular weight is 299 g/mol. The summed E-state index contributed by atoms with van der Waals surface area (Å²) in [6.07, 6.45) is 1.05. The molecule has 0 fully saturated rings. The molecule has 2 aromatic rings. The van der Waals surface area contributed by atoms with Crippen LogP contribution in [-0.4, -0.2) is 23.5 Å². The Morgan fingerprint density at radius 1 is 1.18 bits per heavy atom. The fourth-order valence-electron chi connectivity index (χ4n) is 1.80. The van der Waals surface area contributed by atoms with Gasteiger partial charge < -0.3 is 10.1 Å². The number of pyridine rings is 1. The molecule has 0 aliphatic carbocycles. The first-order valence-corrected chi connectivity index (χ1v) is 6.86. The highest BCUT2D eigenvalue weighted by Crippen LogP contribution is 2.18. The maximum absolute atomic E-state index is 11.4. The minimum absolute atomic E-state index is 0.00996. The van der Waals surface area contributed by atoms with E-state index in [4.69, 9.17) is 4.74 Å². The highest BCUT2D eigenvalue weighted by Gasteiger charge is 2.04. The zero-order valence-electron chi connectivity index (χ0n) is 12.4. The number of aromatic nitrogens is 1. The van der Waals surface area contributed by atoms with Crippen LogP contribution in [0.15, 0.2) is 42.6 Å². The van der Waals surface area contributed by atoms with E-state index in [1.54, 1.807) is 37.4 Å². The van der Waals surface area contributed by atoms with E-state index in [0.29, 0.717) is 18.0 Å². The van der Waals surface area contributed by atoms with Gasteiger partial charge in [-0.1, -0.05) is 12.1 Å². The van der Waals surface area contributed by atoms with Crippen LogP contribution in [0.2, 0.25) is 0 Å². The zero-order chi connectivity index (χ0) is 15.9. The molecular formula is C16H17N3O3. The molecule has 2 N–H and O–H groups in total. The number of ketones is 1. The lowest BCUT2D eigenvalue weighted by Gasteiger charge is -2.08. The second-order valence-electron chi connectivity index (χ2n) is 4.54. The number of hydrogen-bond acceptors (Lipinski definition) is 5. The Kier molecular flexibility index (Phi) is 5.08. The van der Waals surface area contributed by atoms with Gasteiger partial charge in [-0.15, -0.1) is 0 Å². The summed E-state index contributed by atoms with van der Waals surface area (Å²) in [5.41, 5.74) is 2.18. The Hall–Kier alpha value is -2.89. The van der Waals surface area contributed by atoms with Crippen LogP contribution >= 0.6 is 0 Å². The van der Waals surface area contributed by atoms with E-state index in [0.717, 1.165) is 11.4 Å². The number of ether oxygens (including phenoxy) is 1. The van der Waals surface area contributed by atoms with Gasteiger partial charge in [-0.25, -0.2) is 9.78 Å². The lowest BCUT2D eigenvalue weighted by atomic mass is 10.1. The second kappa shape index (κ2) is 7.21. The van der Waals surface area contributed by atoms with Crippen LogP contribution in [0, 0.1) is 0 Å². The molecule has 0 aliphatic rings. The molecule has 6 heteroatoms. The second-order valence-corrected chi connectivity index (χ2v) is 4.54. The first-order chi connectivity index (χ1) is 10.6. The molecule has 0 radical (unpaired) electrons. The van der Waals surface area contributed by atoms with Crippen molar-refractivity contribution in [2.75, 3.05) is 17.2 Å². The van der Waals surface area contributed by atoms with E-state index in [1.807, 2.05) is 12.1 Å². The van der Waals surface area contributed by atoms with Crippen LogP contribution in [0.1, 0.15) is 24.2 Å².